The van der Waals surface area contributed by atoms with Gasteiger partial charge in [0.05, 0.1) is 44.9 Å². The number of benzene rings is 2. The van der Waals surface area contributed by atoms with Gasteiger partial charge in [-0.3, -0.25) is 14.6 Å². The number of nitrogens with one attached hydrogen (secondary N) is 2. The number of carbonyl (C=O) groups is 3. The van der Waals surface area contributed by atoms with Crippen LogP contribution in [-0.4, -0.2) is 65.5 Å². The van der Waals surface area contributed by atoms with Gasteiger partial charge in [0, 0.05) is 24.4 Å². The van der Waals surface area contributed by atoms with Crippen molar-refractivity contribution in [3.05, 3.63) is 87.9 Å². The van der Waals surface area contributed by atoms with E-state index in [9.17, 15) is 22.8 Å². The number of sulfonamides is 1. The van der Waals surface area contributed by atoms with E-state index in [-0.39, 0.29) is 57.7 Å². The molecule has 236 valence electrons. The normalized spacial score (nSPS) is 11.0. The highest BCUT2D eigenvalue weighted by molar-refractivity contribution is 7.89. The third-order valence-corrected chi connectivity index (χ3v) is 8.93. The molecular weight excluding hydrogens is 624 g/mol. The summed E-state index contributed by atoms with van der Waals surface area (Å²) in [6.45, 7) is 0.0181. The van der Waals surface area contributed by atoms with Gasteiger partial charge < -0.3 is 30.0 Å². The van der Waals surface area contributed by atoms with Crippen molar-refractivity contribution in [2.24, 2.45) is 0 Å². The van der Waals surface area contributed by atoms with Crippen LogP contribution in [0.4, 0.5) is 11.4 Å². The van der Waals surface area contributed by atoms with Crippen molar-refractivity contribution in [3.8, 4) is 17.2 Å². The van der Waals surface area contributed by atoms with Crippen LogP contribution in [-0.2, 0) is 14.8 Å². The van der Waals surface area contributed by atoms with Crippen molar-refractivity contribution in [3.63, 3.8) is 0 Å². The van der Waals surface area contributed by atoms with Crippen molar-refractivity contribution >= 4 is 50.4 Å². The van der Waals surface area contributed by atoms with Crippen LogP contribution in [0.25, 0.3) is 0 Å². The summed E-state index contributed by atoms with van der Waals surface area (Å²) in [5.41, 5.74) is 6.84. The van der Waals surface area contributed by atoms with E-state index in [0.717, 1.165) is 11.3 Å². The first kappa shape index (κ1) is 32.9. The number of hydrogen-bond donors (Lipinski definition) is 3. The maximum Gasteiger partial charge on any atom is 0.349 e. The molecule has 0 aliphatic heterocycles. The molecule has 2 aromatic carbocycles. The van der Waals surface area contributed by atoms with Crippen molar-refractivity contribution in [1.82, 2.24) is 9.71 Å². The molecule has 0 fully saturated rings. The number of amides is 1. The molecule has 0 spiro atoms. The Morgan fingerprint density at radius 2 is 1.67 bits per heavy atom. The number of anilines is 2. The summed E-state index contributed by atoms with van der Waals surface area (Å²) in [5.74, 6) is -0.586. The minimum absolute atomic E-state index is 0.0111. The first-order valence-electron chi connectivity index (χ1n) is 13.3. The zero-order chi connectivity index (χ0) is 32.6. The molecule has 2 aromatic heterocycles. The molecule has 4 N–H and O–H groups in total. The van der Waals surface area contributed by atoms with Gasteiger partial charge in [-0.1, -0.05) is 0 Å². The van der Waals surface area contributed by atoms with Crippen LogP contribution in [0.15, 0.2) is 71.1 Å². The highest BCUT2D eigenvalue weighted by Crippen LogP contribution is 2.29. The lowest BCUT2D eigenvalue weighted by atomic mass is 10.1. The van der Waals surface area contributed by atoms with E-state index in [1.807, 2.05) is 0 Å². The van der Waals surface area contributed by atoms with Crippen molar-refractivity contribution in [1.29, 1.82) is 0 Å². The molecule has 4 rings (SSSR count). The molecule has 0 saturated heterocycles. The molecule has 15 heteroatoms. The standard InChI is InChI=1S/C30H30N4O9S2/c1-40-19-7-5-18(6-8-19)27(35)26-25(31)22(11-14-32-26)34-29(36)21-10-9-20(41-2)17-23(21)43-15-4-13-33-45(38,39)24-12-16-44-28(24)30(37)42-3/h5-12,14,16-17,33H,4,13,15,31H2,1-3H3,(H,32,34,36). The predicted octanol–water partition coefficient (Wildman–Crippen LogP) is 3.76. The van der Waals surface area contributed by atoms with Gasteiger partial charge in [-0.2, -0.15) is 0 Å². The van der Waals surface area contributed by atoms with Gasteiger partial charge in [-0.05, 0) is 60.3 Å². The SMILES string of the molecule is COC(=O)c1sccc1S(=O)(=O)NCCCOc1cc(OC)ccc1C(=O)Nc1ccnc(C(=O)c2ccc(OC)cc2)c1N. The van der Waals surface area contributed by atoms with Gasteiger partial charge in [0.15, 0.2) is 0 Å². The second-order valence-electron chi connectivity index (χ2n) is 9.20. The fraction of sp³-hybridized carbons (Fsp3) is 0.200. The summed E-state index contributed by atoms with van der Waals surface area (Å²) in [6.07, 6.45) is 1.59. The van der Waals surface area contributed by atoms with E-state index in [0.29, 0.717) is 17.1 Å². The number of rotatable bonds is 14. The van der Waals surface area contributed by atoms with Gasteiger partial charge >= 0.3 is 5.97 Å². The number of nitrogen functional groups attached to an aromatic ring is 1. The molecule has 13 nitrogen and oxygen atoms in total. The van der Waals surface area contributed by atoms with Crippen LogP contribution in [0.3, 0.4) is 0 Å². The number of ether oxygens (including phenoxy) is 4. The molecule has 0 atom stereocenters. The van der Waals surface area contributed by atoms with Crippen LogP contribution in [0.5, 0.6) is 17.2 Å². The zero-order valence-electron chi connectivity index (χ0n) is 24.5. The number of methoxy groups -OCH3 is 3. The van der Waals surface area contributed by atoms with Gasteiger partial charge in [0.25, 0.3) is 5.91 Å². The fourth-order valence-electron chi connectivity index (χ4n) is 4.06. The molecule has 1 amide bonds. The summed E-state index contributed by atoms with van der Waals surface area (Å²) in [6, 6.07) is 13.8. The minimum atomic E-state index is -3.98. The average molecular weight is 655 g/mol. The lowest BCUT2D eigenvalue weighted by Gasteiger charge is -2.15. The Morgan fingerprint density at radius 1 is 0.956 bits per heavy atom. The Labute approximate surface area is 263 Å². The van der Waals surface area contributed by atoms with Crippen molar-refractivity contribution < 1.29 is 41.7 Å². The number of thiophene rings is 1. The number of ketones is 1. The predicted molar refractivity (Wildman–Crippen MR) is 167 cm³/mol. The lowest BCUT2D eigenvalue weighted by molar-refractivity contribution is 0.0602. The van der Waals surface area contributed by atoms with Crippen LogP contribution in [0.2, 0.25) is 0 Å². The van der Waals surface area contributed by atoms with Crippen LogP contribution in [0, 0.1) is 0 Å². The quantitative estimate of drug-likeness (QED) is 0.102. The minimum Gasteiger partial charge on any atom is -0.497 e. The number of nitrogens with two attached hydrogens (primary N) is 1. The fourth-order valence-corrected chi connectivity index (χ4v) is 6.46. The molecule has 0 aliphatic rings. The Hall–Kier alpha value is -4.99. The largest absolute Gasteiger partial charge is 0.497 e. The maximum atomic E-state index is 13.3. The summed E-state index contributed by atoms with van der Waals surface area (Å²) in [7, 11) is 0.170. The second-order valence-corrected chi connectivity index (χ2v) is 11.9. The van der Waals surface area contributed by atoms with Gasteiger partial charge in [-0.25, -0.2) is 17.9 Å². The number of carbonyl (C=O) groups excluding carboxylic acids is 3. The molecule has 4 aromatic rings. The monoisotopic (exact) mass is 654 g/mol. The number of nitrogens with zero attached hydrogens (tertiary/aromatic N) is 1. The number of esters is 1. The molecule has 45 heavy (non-hydrogen) atoms. The van der Waals surface area contributed by atoms with E-state index in [1.165, 1.54) is 57.2 Å². The van der Waals surface area contributed by atoms with E-state index in [2.05, 4.69) is 19.8 Å². The summed E-state index contributed by atoms with van der Waals surface area (Å²) >= 11 is 0.961. The molecule has 0 bridgehead atoms. The molecular formula is C30H30N4O9S2. The molecule has 0 unspecified atom stereocenters. The zero-order valence-corrected chi connectivity index (χ0v) is 26.1. The van der Waals surface area contributed by atoms with E-state index < -0.39 is 27.7 Å². The first-order chi connectivity index (χ1) is 21.6. The summed E-state index contributed by atoms with van der Waals surface area (Å²) in [4.78, 5) is 42.2. The molecule has 2 heterocycles. The Balaban J connectivity index is 1.43. The highest BCUT2D eigenvalue weighted by atomic mass is 32.2. The van der Waals surface area contributed by atoms with Crippen molar-refractivity contribution in [2.45, 2.75) is 11.3 Å². The first-order valence-corrected chi connectivity index (χ1v) is 15.7. The maximum absolute atomic E-state index is 13.3. The second kappa shape index (κ2) is 14.7. The van der Waals surface area contributed by atoms with E-state index in [4.69, 9.17) is 19.9 Å². The number of aromatic nitrogens is 1. The third-order valence-electron chi connectivity index (χ3n) is 6.40. The average Bonchev–Trinajstić information content (AvgIpc) is 3.56. The van der Waals surface area contributed by atoms with Gasteiger partial charge in [-0.15, -0.1) is 11.3 Å². The van der Waals surface area contributed by atoms with E-state index in [1.54, 1.807) is 30.3 Å². The van der Waals surface area contributed by atoms with Crippen LogP contribution >= 0.6 is 11.3 Å². The Kier molecular flexibility index (Phi) is 10.7. The molecule has 0 aliphatic carbocycles. The highest BCUT2D eigenvalue weighted by Gasteiger charge is 2.24. The van der Waals surface area contributed by atoms with Gasteiger partial charge in [0.1, 0.15) is 32.7 Å². The van der Waals surface area contributed by atoms with Crippen LogP contribution in [0.1, 0.15) is 42.5 Å². The van der Waals surface area contributed by atoms with Crippen molar-refractivity contribution in [2.75, 3.05) is 45.5 Å². The van der Waals surface area contributed by atoms with E-state index >= 15 is 0 Å². The third kappa shape index (κ3) is 7.75. The van der Waals surface area contributed by atoms with Crippen LogP contribution < -0.4 is 30.0 Å². The summed E-state index contributed by atoms with van der Waals surface area (Å²) < 4.78 is 48.7. The number of hydrogen-bond acceptors (Lipinski definition) is 12. The molecule has 0 radical (unpaired) electrons. The Morgan fingerprint density at radius 3 is 2.36 bits per heavy atom. The topological polar surface area (TPSA) is 185 Å². The smallest absolute Gasteiger partial charge is 0.349 e. The molecule has 0 saturated carbocycles. The lowest BCUT2D eigenvalue weighted by Crippen LogP contribution is -2.27. The van der Waals surface area contributed by atoms with Gasteiger partial charge in [0.2, 0.25) is 15.8 Å². The Bertz CT molecular complexity index is 1810. The summed E-state index contributed by atoms with van der Waals surface area (Å²) in [5, 5.41) is 4.18. The number of pyridine rings is 1.